The number of hydrogen-bond acceptors (Lipinski definition) is 7. The first-order valence-electron chi connectivity index (χ1n) is 8.06. The first-order valence-corrected chi connectivity index (χ1v) is 9.88. The van der Waals surface area contributed by atoms with Crippen LogP contribution in [0.15, 0.2) is 33.9 Å². The Kier molecular flexibility index (Phi) is 4.22. The van der Waals surface area contributed by atoms with Crippen LogP contribution in [0.1, 0.15) is 31.1 Å². The highest BCUT2D eigenvalue weighted by Crippen LogP contribution is 2.37. The van der Waals surface area contributed by atoms with Gasteiger partial charge in [-0.15, -0.1) is 0 Å². The van der Waals surface area contributed by atoms with Gasteiger partial charge in [-0.2, -0.15) is 9.29 Å². The monoisotopic (exact) mass is 397 g/mol. The van der Waals surface area contributed by atoms with Gasteiger partial charge in [0, 0.05) is 25.6 Å². The van der Waals surface area contributed by atoms with Crippen molar-refractivity contribution >= 4 is 27.3 Å². The summed E-state index contributed by atoms with van der Waals surface area (Å²) in [6.07, 6.45) is 1.46. The maximum Gasteiger partial charge on any atom is 0.263 e. The van der Waals surface area contributed by atoms with Crippen LogP contribution < -0.4 is 0 Å². The molecule has 4 rings (SSSR count). The highest BCUT2D eigenvalue weighted by molar-refractivity contribution is 7.89. The number of rotatable bonds is 4. The van der Waals surface area contributed by atoms with Crippen molar-refractivity contribution in [3.8, 4) is 0 Å². The van der Waals surface area contributed by atoms with Gasteiger partial charge in [-0.1, -0.05) is 29.7 Å². The first kappa shape index (κ1) is 17.4. The Hall–Kier alpha value is -2.01. The first-order chi connectivity index (χ1) is 12.4. The minimum Gasteiger partial charge on any atom is -0.392 e. The predicted octanol–water partition coefficient (Wildman–Crippen LogP) is 1.43. The van der Waals surface area contributed by atoms with Gasteiger partial charge in [-0.3, -0.25) is 4.40 Å². The van der Waals surface area contributed by atoms with Crippen molar-refractivity contribution in [1.29, 1.82) is 0 Å². The van der Waals surface area contributed by atoms with Crippen LogP contribution in [0.4, 0.5) is 0 Å². The second kappa shape index (κ2) is 6.31. The number of fused-ring (bicyclic) bond motifs is 1. The van der Waals surface area contributed by atoms with E-state index in [4.69, 9.17) is 16.1 Å². The molecule has 1 aliphatic rings. The molecule has 0 spiro atoms. The summed E-state index contributed by atoms with van der Waals surface area (Å²) in [5.41, 5.74) is 0.415. The molecule has 1 saturated heterocycles. The van der Waals surface area contributed by atoms with E-state index in [1.54, 1.807) is 24.4 Å². The van der Waals surface area contributed by atoms with E-state index in [-0.39, 0.29) is 29.0 Å². The predicted molar refractivity (Wildman–Crippen MR) is 91.1 cm³/mol. The maximum atomic E-state index is 13.3. The van der Waals surface area contributed by atoms with Crippen molar-refractivity contribution in [3.05, 3.63) is 41.3 Å². The molecule has 0 aromatic carbocycles. The molecule has 0 bridgehead atoms. The minimum absolute atomic E-state index is 0.0900. The Morgan fingerprint density at radius 2 is 2.19 bits per heavy atom. The Morgan fingerprint density at radius 3 is 2.92 bits per heavy atom. The maximum absolute atomic E-state index is 13.3. The van der Waals surface area contributed by atoms with Gasteiger partial charge < -0.3 is 9.63 Å². The van der Waals surface area contributed by atoms with Crippen LogP contribution in [0.25, 0.3) is 5.65 Å². The molecule has 3 aromatic rings. The molecule has 138 valence electrons. The summed E-state index contributed by atoms with van der Waals surface area (Å²) in [7, 11) is -4.07. The number of pyridine rings is 1. The number of imidazole rings is 1. The molecule has 0 radical (unpaired) electrons. The summed E-state index contributed by atoms with van der Waals surface area (Å²) in [4.78, 5) is 8.32. The molecule has 0 aliphatic carbocycles. The summed E-state index contributed by atoms with van der Waals surface area (Å²) < 4.78 is 34.4. The number of β-amino-alcohol motifs (C(OH)–C–C–N with tert-alkyl or cyclic N) is 1. The number of aliphatic hydroxyl groups excluding tert-OH is 1. The summed E-state index contributed by atoms with van der Waals surface area (Å²) in [5.74, 6) is 0.637. The lowest BCUT2D eigenvalue weighted by atomic mass is 10.2. The zero-order valence-electron chi connectivity index (χ0n) is 13.8. The standard InChI is InChI=1S/C15H16ClN5O4S/c1-2-11-17-14(25-19-11)10-7-9(22)8-21(10)26(23,24)15-13(16)18-12-5-3-4-6-20(12)15/h3-6,9-10,22H,2,7-8H2,1H3/t9-,10+/m0/s1. The normalized spacial score (nSPS) is 21.7. The zero-order valence-corrected chi connectivity index (χ0v) is 15.4. The van der Waals surface area contributed by atoms with E-state index in [9.17, 15) is 13.5 Å². The molecule has 11 heteroatoms. The van der Waals surface area contributed by atoms with Crippen LogP contribution in [-0.2, 0) is 16.4 Å². The number of aliphatic hydroxyl groups is 1. The summed E-state index contributed by atoms with van der Waals surface area (Å²) >= 11 is 6.14. The number of nitrogens with zero attached hydrogens (tertiary/aromatic N) is 5. The fourth-order valence-electron chi connectivity index (χ4n) is 3.11. The molecular weight excluding hydrogens is 382 g/mol. The van der Waals surface area contributed by atoms with Gasteiger partial charge in [0.15, 0.2) is 16.0 Å². The fourth-order valence-corrected chi connectivity index (χ4v) is 5.34. The van der Waals surface area contributed by atoms with Crippen molar-refractivity contribution < 1.29 is 18.0 Å². The van der Waals surface area contributed by atoms with Gasteiger partial charge in [0.2, 0.25) is 5.89 Å². The number of sulfonamides is 1. The SMILES string of the molecule is CCc1noc([C@H]2C[C@H](O)CN2S(=O)(=O)c2c(Cl)nc3ccccn23)n1. The third kappa shape index (κ3) is 2.69. The highest BCUT2D eigenvalue weighted by atomic mass is 35.5. The fraction of sp³-hybridized carbons (Fsp3) is 0.400. The van der Waals surface area contributed by atoms with Gasteiger partial charge >= 0.3 is 0 Å². The van der Waals surface area contributed by atoms with Crippen LogP contribution in [0.3, 0.4) is 0 Å². The van der Waals surface area contributed by atoms with Crippen molar-refractivity contribution in [3.63, 3.8) is 0 Å². The minimum atomic E-state index is -4.07. The van der Waals surface area contributed by atoms with Crippen molar-refractivity contribution in [2.45, 2.75) is 36.9 Å². The highest BCUT2D eigenvalue weighted by Gasteiger charge is 2.45. The van der Waals surface area contributed by atoms with E-state index in [2.05, 4.69) is 15.1 Å². The van der Waals surface area contributed by atoms with Crippen molar-refractivity contribution in [1.82, 2.24) is 23.8 Å². The van der Waals surface area contributed by atoms with E-state index in [1.807, 2.05) is 6.92 Å². The third-order valence-corrected chi connectivity index (χ3v) is 6.59. The summed E-state index contributed by atoms with van der Waals surface area (Å²) in [6, 6.07) is 4.33. The second-order valence-electron chi connectivity index (χ2n) is 6.02. The number of aromatic nitrogens is 4. The Bertz CT molecular complexity index is 1060. The molecule has 0 amide bonds. The van der Waals surface area contributed by atoms with E-state index >= 15 is 0 Å². The van der Waals surface area contributed by atoms with Gasteiger partial charge in [0.05, 0.1) is 6.10 Å². The molecular formula is C15H16ClN5O4S. The number of aryl methyl sites for hydroxylation is 1. The zero-order chi connectivity index (χ0) is 18.5. The molecule has 9 nitrogen and oxygen atoms in total. The summed E-state index contributed by atoms with van der Waals surface area (Å²) in [6.45, 7) is 1.78. The quantitative estimate of drug-likeness (QED) is 0.708. The van der Waals surface area contributed by atoms with Crippen LogP contribution in [-0.4, -0.2) is 50.0 Å². The number of halogens is 1. The van der Waals surface area contributed by atoms with Crippen LogP contribution in [0, 0.1) is 0 Å². The average molecular weight is 398 g/mol. The van der Waals surface area contributed by atoms with Crippen LogP contribution >= 0.6 is 11.6 Å². The van der Waals surface area contributed by atoms with E-state index in [0.717, 1.165) is 4.31 Å². The van der Waals surface area contributed by atoms with Gasteiger partial charge in [-0.25, -0.2) is 13.4 Å². The van der Waals surface area contributed by atoms with Gasteiger partial charge in [-0.05, 0) is 12.1 Å². The Labute approximate surface area is 154 Å². The number of hydrogen-bond donors (Lipinski definition) is 1. The van der Waals surface area contributed by atoms with Crippen molar-refractivity contribution in [2.24, 2.45) is 0 Å². The van der Waals surface area contributed by atoms with Crippen molar-refractivity contribution in [2.75, 3.05) is 6.54 Å². The molecule has 1 N–H and O–H groups in total. The third-order valence-electron chi connectivity index (χ3n) is 4.32. The lowest BCUT2D eigenvalue weighted by Gasteiger charge is -2.20. The lowest BCUT2D eigenvalue weighted by molar-refractivity contribution is 0.188. The molecule has 2 atom stereocenters. The Morgan fingerprint density at radius 1 is 1.38 bits per heavy atom. The average Bonchev–Trinajstić information content (AvgIpc) is 3.29. The topological polar surface area (TPSA) is 114 Å². The summed E-state index contributed by atoms with van der Waals surface area (Å²) in [5, 5.41) is 13.6. The molecule has 0 saturated carbocycles. The molecule has 26 heavy (non-hydrogen) atoms. The van der Waals surface area contributed by atoms with E-state index < -0.39 is 22.2 Å². The molecule has 1 aliphatic heterocycles. The van der Waals surface area contributed by atoms with E-state index in [0.29, 0.717) is 17.9 Å². The largest absolute Gasteiger partial charge is 0.392 e. The molecule has 0 unspecified atom stereocenters. The van der Waals surface area contributed by atoms with Crippen LogP contribution in [0.5, 0.6) is 0 Å². The molecule has 3 aromatic heterocycles. The van der Waals surface area contributed by atoms with E-state index in [1.165, 1.54) is 4.40 Å². The second-order valence-corrected chi connectivity index (χ2v) is 8.18. The molecule has 1 fully saturated rings. The lowest BCUT2D eigenvalue weighted by Crippen LogP contribution is -2.33. The Balaban J connectivity index is 1.81. The molecule has 4 heterocycles. The van der Waals surface area contributed by atoms with Crippen LogP contribution in [0.2, 0.25) is 5.15 Å². The smallest absolute Gasteiger partial charge is 0.263 e. The van der Waals surface area contributed by atoms with Gasteiger partial charge in [0.25, 0.3) is 10.0 Å². The van der Waals surface area contributed by atoms with Gasteiger partial charge in [0.1, 0.15) is 11.7 Å².